The van der Waals surface area contributed by atoms with Crippen molar-refractivity contribution in [1.29, 1.82) is 0 Å². The van der Waals surface area contributed by atoms with Crippen molar-refractivity contribution in [2.24, 2.45) is 0 Å². The molecule has 1 aromatic heterocycles. The van der Waals surface area contributed by atoms with E-state index in [0.717, 1.165) is 9.79 Å². The summed E-state index contributed by atoms with van der Waals surface area (Å²) in [4.78, 5) is 14.9. The van der Waals surface area contributed by atoms with Gasteiger partial charge in [-0.2, -0.15) is 0 Å². The van der Waals surface area contributed by atoms with Crippen molar-refractivity contribution in [1.82, 2.24) is 5.16 Å². The third-order valence-electron chi connectivity index (χ3n) is 4.49. The second kappa shape index (κ2) is 9.49. The van der Waals surface area contributed by atoms with Crippen LogP contribution in [0.1, 0.15) is 21.8 Å². The lowest BCUT2D eigenvalue weighted by molar-refractivity contribution is 0.101. The highest BCUT2D eigenvalue weighted by Crippen LogP contribution is 2.33. The Bertz CT molecular complexity index is 1190. The molecule has 156 valence electrons. The summed E-state index contributed by atoms with van der Waals surface area (Å²) in [6.07, 6.45) is 0. The first-order valence-electron chi connectivity index (χ1n) is 9.57. The van der Waals surface area contributed by atoms with Crippen LogP contribution in [0.2, 0.25) is 0 Å². The van der Waals surface area contributed by atoms with Gasteiger partial charge in [-0.05, 0) is 43.3 Å². The van der Waals surface area contributed by atoms with Gasteiger partial charge in [-0.1, -0.05) is 53.3 Å². The number of carbonyl (C=O) groups is 1. The van der Waals surface area contributed by atoms with Gasteiger partial charge < -0.3 is 14.6 Å². The van der Waals surface area contributed by atoms with E-state index in [1.165, 1.54) is 12.1 Å². The van der Waals surface area contributed by atoms with Crippen molar-refractivity contribution in [3.05, 3.63) is 102 Å². The molecule has 0 aliphatic carbocycles. The van der Waals surface area contributed by atoms with Crippen LogP contribution in [0, 0.1) is 12.7 Å². The molecule has 3 aromatic carbocycles. The van der Waals surface area contributed by atoms with Gasteiger partial charge in [0.05, 0.1) is 11.3 Å². The van der Waals surface area contributed by atoms with Crippen LogP contribution < -0.4 is 10.1 Å². The van der Waals surface area contributed by atoms with E-state index in [0.29, 0.717) is 22.8 Å². The number of aromatic nitrogens is 1. The minimum atomic E-state index is -0.407. The molecule has 0 saturated carbocycles. The van der Waals surface area contributed by atoms with Crippen molar-refractivity contribution < 1.29 is 18.4 Å². The summed E-state index contributed by atoms with van der Waals surface area (Å²) in [5.74, 6) is 0.0193. The summed E-state index contributed by atoms with van der Waals surface area (Å²) in [6, 6.07) is 23.2. The van der Waals surface area contributed by atoms with Crippen LogP contribution in [0.4, 0.5) is 10.1 Å². The molecular formula is C24H19FN2O3S. The van der Waals surface area contributed by atoms with Gasteiger partial charge in [0, 0.05) is 15.9 Å². The first-order valence-corrected chi connectivity index (χ1v) is 10.4. The quantitative estimate of drug-likeness (QED) is 0.380. The van der Waals surface area contributed by atoms with E-state index in [2.05, 4.69) is 10.5 Å². The topological polar surface area (TPSA) is 64.4 Å². The molecular weight excluding hydrogens is 415 g/mol. The highest BCUT2D eigenvalue weighted by atomic mass is 32.2. The van der Waals surface area contributed by atoms with Gasteiger partial charge >= 0.3 is 0 Å². The van der Waals surface area contributed by atoms with Gasteiger partial charge in [-0.3, -0.25) is 4.79 Å². The number of carbonyl (C=O) groups excluding carboxylic acids is 1. The Balaban J connectivity index is 1.51. The second-order valence-electron chi connectivity index (χ2n) is 6.68. The standard InChI is InChI=1S/C24H19FN2O3S/c1-16-20(15-29-18-9-7-8-17(25)14-18)23(27-30-16)24(28)26-21-12-5-6-13-22(21)31-19-10-3-2-4-11-19/h2-14H,15H2,1H3,(H,26,28). The average Bonchev–Trinajstić information content (AvgIpc) is 3.15. The molecule has 1 amide bonds. The van der Waals surface area contributed by atoms with Gasteiger partial charge in [0.1, 0.15) is 23.9 Å². The fourth-order valence-electron chi connectivity index (χ4n) is 2.91. The second-order valence-corrected chi connectivity index (χ2v) is 7.79. The molecule has 0 unspecified atom stereocenters. The summed E-state index contributed by atoms with van der Waals surface area (Å²) >= 11 is 1.55. The number of anilines is 1. The molecule has 31 heavy (non-hydrogen) atoms. The van der Waals surface area contributed by atoms with Crippen LogP contribution in [-0.2, 0) is 6.61 Å². The number of hydrogen-bond donors (Lipinski definition) is 1. The van der Waals surface area contributed by atoms with E-state index in [1.807, 2.05) is 54.6 Å². The Morgan fingerprint density at radius 1 is 1.06 bits per heavy atom. The van der Waals surface area contributed by atoms with E-state index in [4.69, 9.17) is 9.26 Å². The predicted octanol–water partition coefficient (Wildman–Crippen LogP) is 6.10. The number of nitrogens with zero attached hydrogens (tertiary/aromatic N) is 1. The number of halogens is 1. The smallest absolute Gasteiger partial charge is 0.278 e. The maximum absolute atomic E-state index is 13.4. The maximum atomic E-state index is 13.4. The van der Waals surface area contributed by atoms with Crippen LogP contribution in [0.5, 0.6) is 5.75 Å². The third kappa shape index (κ3) is 5.13. The molecule has 0 bridgehead atoms. The summed E-state index contributed by atoms with van der Waals surface area (Å²) in [7, 11) is 0. The SMILES string of the molecule is Cc1onc(C(=O)Nc2ccccc2Sc2ccccc2)c1COc1cccc(F)c1. The van der Waals surface area contributed by atoms with Crippen molar-refractivity contribution >= 4 is 23.4 Å². The van der Waals surface area contributed by atoms with Crippen LogP contribution in [-0.4, -0.2) is 11.1 Å². The lowest BCUT2D eigenvalue weighted by Gasteiger charge is -2.11. The highest BCUT2D eigenvalue weighted by molar-refractivity contribution is 7.99. The number of aryl methyl sites for hydroxylation is 1. The van der Waals surface area contributed by atoms with E-state index in [9.17, 15) is 9.18 Å². The third-order valence-corrected chi connectivity index (χ3v) is 5.57. The average molecular weight is 434 g/mol. The Hall–Kier alpha value is -3.58. The molecule has 4 rings (SSSR count). The fraction of sp³-hybridized carbons (Fsp3) is 0.0833. The maximum Gasteiger partial charge on any atom is 0.278 e. The minimum absolute atomic E-state index is 0.0297. The van der Waals surface area contributed by atoms with Gasteiger partial charge in [-0.25, -0.2) is 4.39 Å². The molecule has 7 heteroatoms. The highest BCUT2D eigenvalue weighted by Gasteiger charge is 2.21. The molecule has 5 nitrogen and oxygen atoms in total. The largest absolute Gasteiger partial charge is 0.489 e. The molecule has 1 N–H and O–H groups in total. The number of amides is 1. The predicted molar refractivity (Wildman–Crippen MR) is 117 cm³/mol. The van der Waals surface area contributed by atoms with Crippen LogP contribution in [0.25, 0.3) is 0 Å². The Labute approximate surface area is 183 Å². The lowest BCUT2D eigenvalue weighted by atomic mass is 10.2. The van der Waals surface area contributed by atoms with Crippen molar-refractivity contribution in [2.75, 3.05) is 5.32 Å². The minimum Gasteiger partial charge on any atom is -0.489 e. The van der Waals surface area contributed by atoms with Crippen molar-refractivity contribution in [3.8, 4) is 5.75 Å². The number of ether oxygens (including phenoxy) is 1. The van der Waals surface area contributed by atoms with Crippen LogP contribution in [0.15, 0.2) is 93.2 Å². The van der Waals surface area contributed by atoms with Gasteiger partial charge in [0.2, 0.25) is 0 Å². The van der Waals surface area contributed by atoms with E-state index in [-0.39, 0.29) is 12.3 Å². The normalized spacial score (nSPS) is 10.6. The zero-order chi connectivity index (χ0) is 21.6. The van der Waals surface area contributed by atoms with E-state index in [1.54, 1.807) is 30.8 Å². The fourth-order valence-corrected chi connectivity index (χ4v) is 3.83. The number of hydrogen-bond acceptors (Lipinski definition) is 5. The molecule has 0 atom stereocenters. The zero-order valence-electron chi connectivity index (χ0n) is 16.7. The zero-order valence-corrected chi connectivity index (χ0v) is 17.5. The monoisotopic (exact) mass is 434 g/mol. The van der Waals surface area contributed by atoms with Gasteiger partial charge in [0.15, 0.2) is 5.69 Å². The Morgan fingerprint density at radius 2 is 1.84 bits per heavy atom. The summed E-state index contributed by atoms with van der Waals surface area (Å²) in [5, 5.41) is 6.82. The van der Waals surface area contributed by atoms with Crippen LogP contribution in [0.3, 0.4) is 0 Å². The Morgan fingerprint density at radius 3 is 2.65 bits per heavy atom. The molecule has 0 radical (unpaired) electrons. The lowest BCUT2D eigenvalue weighted by Crippen LogP contribution is -2.16. The number of nitrogens with one attached hydrogen (secondary N) is 1. The Kier molecular flexibility index (Phi) is 6.33. The molecule has 1 heterocycles. The molecule has 0 fully saturated rings. The van der Waals surface area contributed by atoms with Gasteiger partial charge in [0.25, 0.3) is 5.91 Å². The van der Waals surface area contributed by atoms with E-state index >= 15 is 0 Å². The summed E-state index contributed by atoms with van der Waals surface area (Å²) < 4.78 is 24.2. The first-order chi connectivity index (χ1) is 15.1. The molecule has 0 aliphatic heterocycles. The number of para-hydroxylation sites is 1. The van der Waals surface area contributed by atoms with Crippen molar-refractivity contribution in [3.63, 3.8) is 0 Å². The van der Waals surface area contributed by atoms with Crippen molar-refractivity contribution in [2.45, 2.75) is 23.3 Å². The number of rotatable bonds is 7. The summed E-state index contributed by atoms with van der Waals surface area (Å²) in [6.45, 7) is 1.73. The molecule has 0 aliphatic rings. The van der Waals surface area contributed by atoms with Crippen LogP contribution >= 0.6 is 11.8 Å². The first kappa shape index (κ1) is 20.7. The number of benzene rings is 3. The molecule has 4 aromatic rings. The van der Waals surface area contributed by atoms with Gasteiger partial charge in [-0.15, -0.1) is 0 Å². The molecule has 0 spiro atoms. The molecule has 0 saturated heterocycles. The summed E-state index contributed by atoms with van der Waals surface area (Å²) in [5.41, 5.74) is 1.31. The van der Waals surface area contributed by atoms with E-state index < -0.39 is 11.7 Å².